The predicted molar refractivity (Wildman–Crippen MR) is 91.8 cm³/mol. The molecule has 0 bridgehead atoms. The minimum Gasteiger partial charge on any atom is -0.314 e. The van der Waals surface area contributed by atoms with Gasteiger partial charge in [-0.05, 0) is 57.8 Å². The fraction of sp³-hybridized carbons (Fsp3) is 1.00. The van der Waals surface area contributed by atoms with Crippen LogP contribution in [0.5, 0.6) is 0 Å². The Bertz CT molecular complexity index is 289. The molecule has 1 aliphatic heterocycles. The van der Waals surface area contributed by atoms with Crippen LogP contribution in [0.2, 0.25) is 0 Å². The van der Waals surface area contributed by atoms with Crippen molar-refractivity contribution >= 4 is 0 Å². The number of rotatable bonds is 7. The zero-order chi connectivity index (χ0) is 15.3. The van der Waals surface area contributed by atoms with Gasteiger partial charge < -0.3 is 15.1 Å². The van der Waals surface area contributed by atoms with Gasteiger partial charge in [-0.2, -0.15) is 0 Å². The topological polar surface area (TPSA) is 18.5 Å². The van der Waals surface area contributed by atoms with Crippen molar-refractivity contribution in [2.24, 2.45) is 5.41 Å². The van der Waals surface area contributed by atoms with Crippen LogP contribution in [0.15, 0.2) is 0 Å². The van der Waals surface area contributed by atoms with Crippen molar-refractivity contribution in [1.82, 2.24) is 15.1 Å². The summed E-state index contributed by atoms with van der Waals surface area (Å²) in [6.07, 6.45) is 8.43. The summed E-state index contributed by atoms with van der Waals surface area (Å²) in [5, 5.41) is 3.72. The minimum absolute atomic E-state index is 0.543. The van der Waals surface area contributed by atoms with Crippen LogP contribution in [0.3, 0.4) is 0 Å². The summed E-state index contributed by atoms with van der Waals surface area (Å²) < 4.78 is 0. The second kappa shape index (κ2) is 7.94. The normalized spacial score (nSPS) is 24.3. The van der Waals surface area contributed by atoms with Gasteiger partial charge in [0.05, 0.1) is 0 Å². The third kappa shape index (κ3) is 4.94. The molecule has 0 radical (unpaired) electrons. The van der Waals surface area contributed by atoms with Crippen molar-refractivity contribution in [3.8, 4) is 0 Å². The van der Waals surface area contributed by atoms with Crippen LogP contribution in [0.25, 0.3) is 0 Å². The summed E-state index contributed by atoms with van der Waals surface area (Å²) in [6.45, 7) is 13.1. The SMILES string of the molecule is CCN1CCC(N(C)CC2(CNC(C)C)CCCC2)CC1. The molecule has 3 nitrogen and oxygen atoms in total. The van der Waals surface area contributed by atoms with Gasteiger partial charge in [0.15, 0.2) is 0 Å². The molecule has 1 saturated heterocycles. The van der Waals surface area contributed by atoms with E-state index in [-0.39, 0.29) is 0 Å². The highest BCUT2D eigenvalue weighted by atomic mass is 15.2. The van der Waals surface area contributed by atoms with Gasteiger partial charge in [-0.25, -0.2) is 0 Å². The van der Waals surface area contributed by atoms with Crippen LogP contribution in [-0.4, -0.2) is 61.7 Å². The maximum atomic E-state index is 3.72. The lowest BCUT2D eigenvalue weighted by molar-refractivity contribution is 0.0866. The van der Waals surface area contributed by atoms with Crippen LogP contribution in [0.4, 0.5) is 0 Å². The Morgan fingerprint density at radius 3 is 2.33 bits per heavy atom. The third-order valence-electron chi connectivity index (χ3n) is 5.76. The summed E-state index contributed by atoms with van der Waals surface area (Å²) in [6, 6.07) is 1.42. The van der Waals surface area contributed by atoms with Gasteiger partial charge in [-0.1, -0.05) is 33.6 Å². The van der Waals surface area contributed by atoms with Crippen LogP contribution < -0.4 is 5.32 Å². The van der Waals surface area contributed by atoms with Crippen LogP contribution >= 0.6 is 0 Å². The first kappa shape index (κ1) is 17.2. The van der Waals surface area contributed by atoms with E-state index in [1.165, 1.54) is 71.2 Å². The molecule has 1 aliphatic carbocycles. The van der Waals surface area contributed by atoms with E-state index >= 15 is 0 Å². The van der Waals surface area contributed by atoms with Gasteiger partial charge in [0.1, 0.15) is 0 Å². The van der Waals surface area contributed by atoms with Crippen molar-refractivity contribution in [1.29, 1.82) is 0 Å². The van der Waals surface area contributed by atoms with Crippen LogP contribution in [0.1, 0.15) is 59.3 Å². The number of hydrogen-bond acceptors (Lipinski definition) is 3. The van der Waals surface area contributed by atoms with E-state index in [1.807, 2.05) is 0 Å². The smallest absolute Gasteiger partial charge is 0.0117 e. The molecule has 2 fully saturated rings. The molecule has 21 heavy (non-hydrogen) atoms. The van der Waals surface area contributed by atoms with Gasteiger partial charge in [0, 0.05) is 25.2 Å². The number of piperidine rings is 1. The van der Waals surface area contributed by atoms with Crippen LogP contribution in [0, 0.1) is 5.41 Å². The molecule has 0 aromatic rings. The molecule has 0 aromatic heterocycles. The lowest BCUT2D eigenvalue weighted by Crippen LogP contribution is -2.49. The number of likely N-dealkylation sites (tertiary alicyclic amines) is 1. The van der Waals surface area contributed by atoms with Crippen molar-refractivity contribution in [2.45, 2.75) is 71.4 Å². The average molecular weight is 296 g/mol. The Morgan fingerprint density at radius 1 is 1.19 bits per heavy atom. The van der Waals surface area contributed by atoms with Crippen molar-refractivity contribution in [2.75, 3.05) is 39.8 Å². The second-order valence-electron chi connectivity index (χ2n) is 7.82. The molecule has 3 heteroatoms. The first-order valence-electron chi connectivity index (χ1n) is 9.21. The highest BCUT2D eigenvalue weighted by Gasteiger charge is 2.36. The summed E-state index contributed by atoms with van der Waals surface area (Å²) in [5.74, 6) is 0. The van der Waals surface area contributed by atoms with E-state index in [4.69, 9.17) is 0 Å². The zero-order valence-electron chi connectivity index (χ0n) is 14.8. The van der Waals surface area contributed by atoms with Crippen molar-refractivity contribution in [3.05, 3.63) is 0 Å². The van der Waals surface area contributed by atoms with Gasteiger partial charge in [-0.3, -0.25) is 0 Å². The molecule has 124 valence electrons. The Kier molecular flexibility index (Phi) is 6.51. The molecule has 1 saturated carbocycles. The molecule has 2 rings (SSSR count). The van der Waals surface area contributed by atoms with E-state index in [2.05, 4.69) is 42.9 Å². The lowest BCUT2D eigenvalue weighted by atomic mass is 9.84. The molecule has 1 N–H and O–H groups in total. The zero-order valence-corrected chi connectivity index (χ0v) is 14.8. The summed E-state index contributed by atoms with van der Waals surface area (Å²) in [4.78, 5) is 5.29. The summed E-state index contributed by atoms with van der Waals surface area (Å²) in [7, 11) is 2.38. The van der Waals surface area contributed by atoms with Gasteiger partial charge in [-0.15, -0.1) is 0 Å². The Balaban J connectivity index is 1.85. The van der Waals surface area contributed by atoms with Crippen molar-refractivity contribution in [3.63, 3.8) is 0 Å². The quantitative estimate of drug-likeness (QED) is 0.779. The van der Waals surface area contributed by atoms with E-state index in [0.717, 1.165) is 6.04 Å². The van der Waals surface area contributed by atoms with Gasteiger partial charge >= 0.3 is 0 Å². The molecule has 0 atom stereocenters. The number of hydrogen-bond donors (Lipinski definition) is 1. The monoisotopic (exact) mass is 295 g/mol. The first-order chi connectivity index (χ1) is 10.0. The third-order valence-corrected chi connectivity index (χ3v) is 5.76. The molecule has 2 aliphatic rings. The Morgan fingerprint density at radius 2 is 1.81 bits per heavy atom. The number of nitrogens with zero attached hydrogens (tertiary/aromatic N) is 2. The predicted octanol–water partition coefficient (Wildman–Crippen LogP) is 2.96. The fourth-order valence-electron chi connectivity index (χ4n) is 4.27. The average Bonchev–Trinajstić information content (AvgIpc) is 2.94. The lowest BCUT2D eigenvalue weighted by Gasteiger charge is -2.41. The van der Waals surface area contributed by atoms with E-state index in [1.54, 1.807) is 0 Å². The van der Waals surface area contributed by atoms with Gasteiger partial charge in [0.25, 0.3) is 0 Å². The molecule has 0 amide bonds. The van der Waals surface area contributed by atoms with E-state index in [0.29, 0.717) is 11.5 Å². The maximum Gasteiger partial charge on any atom is 0.0117 e. The van der Waals surface area contributed by atoms with Crippen LogP contribution in [-0.2, 0) is 0 Å². The molecule has 1 heterocycles. The number of nitrogens with one attached hydrogen (secondary N) is 1. The van der Waals surface area contributed by atoms with Gasteiger partial charge in [0.2, 0.25) is 0 Å². The Hall–Kier alpha value is -0.120. The molecule has 0 aromatic carbocycles. The molecular weight excluding hydrogens is 258 g/mol. The van der Waals surface area contributed by atoms with E-state index < -0.39 is 0 Å². The molecular formula is C18H37N3. The summed E-state index contributed by atoms with van der Waals surface area (Å²) in [5.41, 5.74) is 0.543. The summed E-state index contributed by atoms with van der Waals surface area (Å²) >= 11 is 0. The van der Waals surface area contributed by atoms with Crippen molar-refractivity contribution < 1.29 is 0 Å². The highest BCUT2D eigenvalue weighted by Crippen LogP contribution is 2.39. The standard InChI is InChI=1S/C18H37N3/c1-5-21-12-8-17(9-13-21)20(4)15-18(10-6-7-11-18)14-19-16(2)3/h16-17,19H,5-15H2,1-4H3. The maximum absolute atomic E-state index is 3.72. The fourth-order valence-corrected chi connectivity index (χ4v) is 4.27. The second-order valence-corrected chi connectivity index (χ2v) is 7.82. The Labute approximate surface area is 132 Å². The molecule has 0 unspecified atom stereocenters. The van der Waals surface area contributed by atoms with E-state index in [9.17, 15) is 0 Å². The largest absolute Gasteiger partial charge is 0.314 e. The minimum atomic E-state index is 0.543. The highest BCUT2D eigenvalue weighted by molar-refractivity contribution is 4.91. The molecule has 0 spiro atoms. The first-order valence-corrected chi connectivity index (χ1v) is 9.21.